The van der Waals surface area contributed by atoms with Crippen molar-refractivity contribution in [1.29, 1.82) is 0 Å². The van der Waals surface area contributed by atoms with E-state index in [-0.39, 0.29) is 25.7 Å². The molecular formula is C13H26F3NO2. The number of ether oxygens (including phenoxy) is 1. The summed E-state index contributed by atoms with van der Waals surface area (Å²) >= 11 is 0. The first-order valence-electron chi connectivity index (χ1n) is 6.76. The number of nitrogens with one attached hydrogen (secondary N) is 1. The van der Waals surface area contributed by atoms with Crippen molar-refractivity contribution in [1.82, 2.24) is 5.32 Å². The van der Waals surface area contributed by atoms with Gasteiger partial charge in [0.05, 0.1) is 12.7 Å². The minimum absolute atomic E-state index is 0.0218. The lowest BCUT2D eigenvalue weighted by atomic mass is 9.95. The Kier molecular flexibility index (Phi) is 8.61. The molecular weight excluding hydrogens is 259 g/mol. The summed E-state index contributed by atoms with van der Waals surface area (Å²) in [6, 6.07) is 0. The van der Waals surface area contributed by atoms with Crippen LogP contribution in [0.2, 0.25) is 0 Å². The Morgan fingerprint density at radius 2 is 1.95 bits per heavy atom. The van der Waals surface area contributed by atoms with Crippen LogP contribution in [0.15, 0.2) is 0 Å². The Morgan fingerprint density at radius 3 is 2.42 bits per heavy atom. The van der Waals surface area contributed by atoms with Crippen molar-refractivity contribution in [2.75, 3.05) is 19.8 Å². The minimum atomic E-state index is -4.12. The van der Waals surface area contributed by atoms with Crippen LogP contribution in [0, 0.1) is 0 Å². The minimum Gasteiger partial charge on any atom is -0.394 e. The number of aliphatic hydroxyl groups is 1. The Balaban J connectivity index is 3.90. The summed E-state index contributed by atoms with van der Waals surface area (Å²) in [6.45, 7) is 6.59. The lowest BCUT2D eigenvalue weighted by Crippen LogP contribution is -2.48. The van der Waals surface area contributed by atoms with Gasteiger partial charge in [-0.2, -0.15) is 13.2 Å². The molecule has 0 aliphatic heterocycles. The van der Waals surface area contributed by atoms with Crippen LogP contribution >= 0.6 is 0 Å². The Labute approximate surface area is 113 Å². The number of hydrogen-bond acceptors (Lipinski definition) is 3. The summed E-state index contributed by atoms with van der Waals surface area (Å²) in [5.74, 6) is 0. The fraction of sp³-hybridized carbons (Fsp3) is 1.00. The van der Waals surface area contributed by atoms with Gasteiger partial charge in [-0.05, 0) is 39.7 Å². The van der Waals surface area contributed by atoms with Gasteiger partial charge in [-0.25, -0.2) is 0 Å². The first-order valence-corrected chi connectivity index (χ1v) is 6.76. The van der Waals surface area contributed by atoms with Crippen molar-refractivity contribution in [2.24, 2.45) is 0 Å². The van der Waals surface area contributed by atoms with Gasteiger partial charge in [0, 0.05) is 18.6 Å². The third-order valence-corrected chi connectivity index (χ3v) is 2.90. The van der Waals surface area contributed by atoms with Crippen molar-refractivity contribution in [3.63, 3.8) is 0 Å². The number of hydrogen-bond donors (Lipinski definition) is 2. The molecule has 0 aliphatic carbocycles. The predicted molar refractivity (Wildman–Crippen MR) is 69.1 cm³/mol. The Morgan fingerprint density at radius 1 is 1.32 bits per heavy atom. The van der Waals surface area contributed by atoms with Crippen molar-refractivity contribution >= 4 is 0 Å². The SMILES string of the molecule is CCCNC(C)(CO)CC(C)OCCCC(F)(F)F. The molecule has 6 heteroatoms. The van der Waals surface area contributed by atoms with E-state index in [0.29, 0.717) is 6.42 Å². The van der Waals surface area contributed by atoms with Gasteiger partial charge < -0.3 is 15.2 Å². The molecule has 0 spiro atoms. The third-order valence-electron chi connectivity index (χ3n) is 2.90. The van der Waals surface area contributed by atoms with Crippen LogP contribution in [-0.4, -0.2) is 42.7 Å². The topological polar surface area (TPSA) is 41.5 Å². The molecule has 0 aromatic heterocycles. The number of aliphatic hydroxyl groups excluding tert-OH is 1. The zero-order chi connectivity index (χ0) is 14.9. The first-order chi connectivity index (χ1) is 8.72. The van der Waals surface area contributed by atoms with Gasteiger partial charge in [0.1, 0.15) is 0 Å². The van der Waals surface area contributed by atoms with E-state index in [1.807, 2.05) is 20.8 Å². The molecule has 0 heterocycles. The molecule has 0 aliphatic rings. The monoisotopic (exact) mass is 285 g/mol. The van der Waals surface area contributed by atoms with Crippen LogP contribution in [0.1, 0.15) is 46.5 Å². The standard InChI is InChI=1S/C13H26F3NO2/c1-4-7-17-12(3,10-18)9-11(2)19-8-5-6-13(14,15)16/h11,17-18H,4-10H2,1-3H3. The largest absolute Gasteiger partial charge is 0.394 e. The Hall–Kier alpha value is -0.330. The average Bonchev–Trinajstić information content (AvgIpc) is 2.31. The maximum Gasteiger partial charge on any atom is 0.389 e. The lowest BCUT2D eigenvalue weighted by Gasteiger charge is -2.31. The van der Waals surface area contributed by atoms with Crippen LogP contribution < -0.4 is 5.32 Å². The molecule has 2 unspecified atom stereocenters. The molecule has 0 aromatic rings. The number of halogens is 3. The molecule has 0 amide bonds. The van der Waals surface area contributed by atoms with Gasteiger partial charge in [-0.1, -0.05) is 6.92 Å². The molecule has 2 N–H and O–H groups in total. The summed E-state index contributed by atoms with van der Waals surface area (Å²) < 4.78 is 41.2. The van der Waals surface area contributed by atoms with E-state index in [4.69, 9.17) is 4.74 Å². The average molecular weight is 285 g/mol. The smallest absolute Gasteiger partial charge is 0.389 e. The van der Waals surface area contributed by atoms with E-state index < -0.39 is 18.1 Å². The van der Waals surface area contributed by atoms with Crippen molar-refractivity contribution in [3.05, 3.63) is 0 Å². The van der Waals surface area contributed by atoms with E-state index in [1.165, 1.54) is 0 Å². The van der Waals surface area contributed by atoms with E-state index in [9.17, 15) is 18.3 Å². The molecule has 0 saturated carbocycles. The lowest BCUT2D eigenvalue weighted by molar-refractivity contribution is -0.139. The van der Waals surface area contributed by atoms with Gasteiger partial charge in [-0.15, -0.1) is 0 Å². The van der Waals surface area contributed by atoms with Crippen LogP contribution in [0.3, 0.4) is 0 Å². The van der Waals surface area contributed by atoms with Crippen LogP contribution in [-0.2, 0) is 4.74 Å². The molecule has 0 bridgehead atoms. The Bertz CT molecular complexity index is 236. The highest BCUT2D eigenvalue weighted by atomic mass is 19.4. The maximum atomic E-state index is 11.9. The second kappa shape index (κ2) is 8.76. The van der Waals surface area contributed by atoms with Crippen LogP contribution in [0.25, 0.3) is 0 Å². The summed E-state index contributed by atoms with van der Waals surface area (Å²) in [7, 11) is 0. The molecule has 0 fully saturated rings. The number of alkyl halides is 3. The second-order valence-corrected chi connectivity index (χ2v) is 5.25. The fourth-order valence-corrected chi connectivity index (χ4v) is 1.87. The van der Waals surface area contributed by atoms with Crippen molar-refractivity contribution < 1.29 is 23.0 Å². The van der Waals surface area contributed by atoms with Crippen molar-refractivity contribution in [2.45, 2.75) is 64.3 Å². The van der Waals surface area contributed by atoms with Gasteiger partial charge in [-0.3, -0.25) is 0 Å². The summed E-state index contributed by atoms with van der Waals surface area (Å²) in [6.07, 6.45) is -3.62. The normalized spacial score (nSPS) is 17.2. The van der Waals surface area contributed by atoms with E-state index in [0.717, 1.165) is 13.0 Å². The van der Waals surface area contributed by atoms with Gasteiger partial charge >= 0.3 is 6.18 Å². The number of rotatable bonds is 10. The van der Waals surface area contributed by atoms with Gasteiger partial charge in [0.2, 0.25) is 0 Å². The summed E-state index contributed by atoms with van der Waals surface area (Å²) in [5, 5.41) is 12.6. The fourth-order valence-electron chi connectivity index (χ4n) is 1.87. The zero-order valence-corrected chi connectivity index (χ0v) is 12.0. The third kappa shape index (κ3) is 10.2. The van der Waals surface area contributed by atoms with Gasteiger partial charge in [0.25, 0.3) is 0 Å². The van der Waals surface area contributed by atoms with E-state index in [2.05, 4.69) is 5.32 Å². The maximum absolute atomic E-state index is 11.9. The summed E-state index contributed by atoms with van der Waals surface area (Å²) in [4.78, 5) is 0. The molecule has 116 valence electrons. The molecule has 0 aromatic carbocycles. The van der Waals surface area contributed by atoms with Crippen LogP contribution in [0.5, 0.6) is 0 Å². The molecule has 0 radical (unpaired) electrons. The van der Waals surface area contributed by atoms with E-state index >= 15 is 0 Å². The zero-order valence-electron chi connectivity index (χ0n) is 12.0. The summed E-state index contributed by atoms with van der Waals surface area (Å²) in [5.41, 5.74) is -0.445. The van der Waals surface area contributed by atoms with Crippen molar-refractivity contribution in [3.8, 4) is 0 Å². The van der Waals surface area contributed by atoms with E-state index in [1.54, 1.807) is 0 Å². The highest BCUT2D eigenvalue weighted by molar-refractivity contribution is 4.84. The van der Waals surface area contributed by atoms with Crippen LogP contribution in [0.4, 0.5) is 13.2 Å². The predicted octanol–water partition coefficient (Wildman–Crippen LogP) is 2.87. The first kappa shape index (κ1) is 18.7. The second-order valence-electron chi connectivity index (χ2n) is 5.25. The molecule has 3 nitrogen and oxygen atoms in total. The van der Waals surface area contributed by atoms with Gasteiger partial charge in [0.15, 0.2) is 0 Å². The highest BCUT2D eigenvalue weighted by Gasteiger charge is 2.27. The molecule has 2 atom stereocenters. The molecule has 19 heavy (non-hydrogen) atoms. The quantitative estimate of drug-likeness (QED) is 0.606. The highest BCUT2D eigenvalue weighted by Crippen LogP contribution is 2.21. The molecule has 0 saturated heterocycles. The molecule has 0 rings (SSSR count).